The molecule has 0 aromatic heterocycles. The highest BCUT2D eigenvalue weighted by atomic mass is 16.5. The average Bonchev–Trinajstić information content (AvgIpc) is 2.78. The van der Waals surface area contributed by atoms with E-state index < -0.39 is 40.5 Å². The van der Waals surface area contributed by atoms with Gasteiger partial charge in [-0.05, 0) is 27.7 Å². The first-order valence-corrected chi connectivity index (χ1v) is 7.75. The van der Waals surface area contributed by atoms with Gasteiger partial charge >= 0.3 is 0 Å². The number of phenols is 2. The standard InChI is InChI=1S/C18H18O7/c1-6-14(22)12(8(3)20)16-13(15(6)23)18(4)10(25-16)5-9(21)11(7(2)19)17(18)24/h5,11,17,22-24H,1-4H3/t11?,17-,18+/m0/s1. The molecule has 3 rings (SSSR count). The largest absolute Gasteiger partial charge is 0.507 e. The van der Waals surface area contributed by atoms with E-state index >= 15 is 0 Å². The van der Waals surface area contributed by atoms with Crippen LogP contribution < -0.4 is 4.74 Å². The number of ketones is 3. The van der Waals surface area contributed by atoms with Crippen molar-refractivity contribution in [2.24, 2.45) is 5.92 Å². The fourth-order valence-electron chi connectivity index (χ4n) is 3.68. The molecule has 1 aliphatic heterocycles. The number of hydrogen-bond donors (Lipinski definition) is 3. The molecule has 132 valence electrons. The van der Waals surface area contributed by atoms with Crippen LogP contribution in [0.1, 0.15) is 42.3 Å². The lowest BCUT2D eigenvalue weighted by Gasteiger charge is -2.37. The number of aliphatic hydroxyl groups is 1. The van der Waals surface area contributed by atoms with Gasteiger partial charge in [-0.2, -0.15) is 0 Å². The van der Waals surface area contributed by atoms with E-state index in [9.17, 15) is 29.7 Å². The summed E-state index contributed by atoms with van der Waals surface area (Å²) in [5.74, 6) is -3.75. The molecular weight excluding hydrogens is 328 g/mol. The summed E-state index contributed by atoms with van der Waals surface area (Å²) >= 11 is 0. The van der Waals surface area contributed by atoms with Crippen LogP contribution in [0, 0.1) is 12.8 Å². The van der Waals surface area contributed by atoms with Crippen molar-refractivity contribution in [3.05, 3.63) is 28.5 Å². The van der Waals surface area contributed by atoms with Crippen LogP contribution in [0.25, 0.3) is 0 Å². The Balaban J connectivity index is 2.39. The zero-order valence-electron chi connectivity index (χ0n) is 14.2. The third kappa shape index (κ3) is 1.99. The van der Waals surface area contributed by atoms with Crippen molar-refractivity contribution in [2.45, 2.75) is 39.2 Å². The summed E-state index contributed by atoms with van der Waals surface area (Å²) in [5.41, 5.74) is -1.39. The van der Waals surface area contributed by atoms with Crippen molar-refractivity contribution in [1.82, 2.24) is 0 Å². The van der Waals surface area contributed by atoms with Gasteiger partial charge in [-0.3, -0.25) is 14.4 Å². The van der Waals surface area contributed by atoms with Crippen molar-refractivity contribution in [3.63, 3.8) is 0 Å². The maximum atomic E-state index is 12.2. The van der Waals surface area contributed by atoms with Gasteiger partial charge in [0.05, 0.1) is 17.1 Å². The van der Waals surface area contributed by atoms with Crippen LogP contribution in [0.15, 0.2) is 11.8 Å². The van der Waals surface area contributed by atoms with E-state index in [-0.39, 0.29) is 33.9 Å². The summed E-state index contributed by atoms with van der Waals surface area (Å²) < 4.78 is 5.62. The Hall–Kier alpha value is -2.67. The monoisotopic (exact) mass is 346 g/mol. The highest BCUT2D eigenvalue weighted by molar-refractivity contribution is 6.09. The van der Waals surface area contributed by atoms with Crippen LogP contribution in [-0.4, -0.2) is 38.8 Å². The molecule has 1 unspecified atom stereocenters. The molecule has 3 atom stereocenters. The predicted molar refractivity (Wildman–Crippen MR) is 85.8 cm³/mol. The second-order valence-electron chi connectivity index (χ2n) is 6.71. The van der Waals surface area contributed by atoms with Crippen molar-refractivity contribution in [1.29, 1.82) is 0 Å². The van der Waals surface area contributed by atoms with E-state index in [1.54, 1.807) is 0 Å². The Morgan fingerprint density at radius 1 is 1.20 bits per heavy atom. The number of phenolic OH excluding ortho intramolecular Hbond substituents is 2. The molecule has 0 spiro atoms. The molecule has 25 heavy (non-hydrogen) atoms. The number of benzene rings is 1. The molecule has 2 aliphatic rings. The smallest absolute Gasteiger partial charge is 0.172 e. The van der Waals surface area contributed by atoms with Crippen molar-refractivity contribution in [2.75, 3.05) is 0 Å². The van der Waals surface area contributed by atoms with Gasteiger partial charge in [0.15, 0.2) is 11.6 Å². The Morgan fingerprint density at radius 3 is 2.32 bits per heavy atom. The van der Waals surface area contributed by atoms with Crippen LogP contribution in [0.5, 0.6) is 17.2 Å². The molecule has 0 bridgehead atoms. The molecule has 7 nitrogen and oxygen atoms in total. The van der Waals surface area contributed by atoms with E-state index in [4.69, 9.17) is 4.74 Å². The number of hydrogen-bond acceptors (Lipinski definition) is 7. The SMILES string of the molecule is CC(=O)c1c(O)c(C)c(O)c2c1OC1=CC(=O)C(C(C)=O)[C@H](O)[C@]12C. The molecule has 1 aromatic rings. The minimum atomic E-state index is -1.48. The minimum absolute atomic E-state index is 0.0281. The Labute approximate surface area is 143 Å². The minimum Gasteiger partial charge on any atom is -0.507 e. The van der Waals surface area contributed by atoms with Gasteiger partial charge in [0.25, 0.3) is 0 Å². The Morgan fingerprint density at radius 2 is 1.80 bits per heavy atom. The summed E-state index contributed by atoms with van der Waals surface area (Å²) in [4.78, 5) is 36.0. The fourth-order valence-corrected chi connectivity index (χ4v) is 3.68. The average molecular weight is 346 g/mol. The molecule has 0 saturated heterocycles. The molecule has 7 heteroatoms. The number of aliphatic hydroxyl groups excluding tert-OH is 1. The molecule has 0 fully saturated rings. The number of fused-ring (bicyclic) bond motifs is 3. The van der Waals surface area contributed by atoms with Crippen LogP contribution in [0.3, 0.4) is 0 Å². The molecule has 3 N–H and O–H groups in total. The molecule has 1 aromatic carbocycles. The third-order valence-electron chi connectivity index (χ3n) is 5.16. The topological polar surface area (TPSA) is 121 Å². The van der Waals surface area contributed by atoms with E-state index in [0.717, 1.165) is 6.08 Å². The zero-order valence-corrected chi connectivity index (χ0v) is 14.2. The third-order valence-corrected chi connectivity index (χ3v) is 5.16. The quantitative estimate of drug-likeness (QED) is 0.545. The molecule has 1 aliphatic carbocycles. The molecule has 0 radical (unpaired) electrons. The van der Waals surface area contributed by atoms with Crippen LogP contribution >= 0.6 is 0 Å². The normalized spacial score (nSPS) is 27.2. The van der Waals surface area contributed by atoms with Gasteiger partial charge in [-0.25, -0.2) is 0 Å². The Kier molecular flexibility index (Phi) is 3.54. The van der Waals surface area contributed by atoms with Gasteiger partial charge in [0.1, 0.15) is 40.3 Å². The lowest BCUT2D eigenvalue weighted by molar-refractivity contribution is -0.136. The van der Waals surface area contributed by atoms with E-state index in [0.29, 0.717) is 0 Å². The zero-order chi connectivity index (χ0) is 18.8. The first-order valence-electron chi connectivity index (χ1n) is 7.75. The van der Waals surface area contributed by atoms with Crippen LogP contribution in [0.2, 0.25) is 0 Å². The van der Waals surface area contributed by atoms with E-state index in [1.165, 1.54) is 27.7 Å². The summed E-state index contributed by atoms with van der Waals surface area (Å²) in [5, 5.41) is 31.6. The summed E-state index contributed by atoms with van der Waals surface area (Å²) in [6.07, 6.45) is -0.373. The molecule has 1 heterocycles. The lowest BCUT2D eigenvalue weighted by atomic mass is 9.66. The summed E-state index contributed by atoms with van der Waals surface area (Å²) in [6.45, 7) is 5.38. The second-order valence-corrected chi connectivity index (χ2v) is 6.71. The first kappa shape index (κ1) is 17.2. The number of carbonyl (C=O) groups excluding carboxylic acids is 3. The predicted octanol–water partition coefficient (Wildman–Crippen LogP) is 1.29. The van der Waals surface area contributed by atoms with E-state index in [1.807, 2.05) is 0 Å². The molecular formula is C18H18O7. The maximum Gasteiger partial charge on any atom is 0.172 e. The first-order chi connectivity index (χ1) is 11.5. The maximum absolute atomic E-state index is 12.2. The van der Waals surface area contributed by atoms with Gasteiger partial charge < -0.3 is 20.1 Å². The second kappa shape index (κ2) is 5.16. The van der Waals surface area contributed by atoms with Crippen molar-refractivity contribution >= 4 is 17.3 Å². The van der Waals surface area contributed by atoms with Gasteiger partial charge in [-0.15, -0.1) is 0 Å². The Bertz CT molecular complexity index is 880. The fraction of sp³-hybridized carbons (Fsp3) is 0.389. The van der Waals surface area contributed by atoms with Gasteiger partial charge in [0.2, 0.25) is 0 Å². The summed E-state index contributed by atoms with van der Waals surface area (Å²) in [7, 11) is 0. The molecule has 0 saturated carbocycles. The van der Waals surface area contributed by atoms with Crippen LogP contribution in [-0.2, 0) is 15.0 Å². The highest BCUT2D eigenvalue weighted by Gasteiger charge is 2.58. The number of ether oxygens (including phenoxy) is 1. The van der Waals surface area contributed by atoms with Crippen LogP contribution in [0.4, 0.5) is 0 Å². The molecule has 0 amide bonds. The van der Waals surface area contributed by atoms with Crippen molar-refractivity contribution < 1.29 is 34.4 Å². The lowest BCUT2D eigenvalue weighted by Crippen LogP contribution is -2.50. The highest BCUT2D eigenvalue weighted by Crippen LogP contribution is 2.58. The van der Waals surface area contributed by atoms with Gasteiger partial charge in [0, 0.05) is 11.6 Å². The van der Waals surface area contributed by atoms with E-state index in [2.05, 4.69) is 0 Å². The summed E-state index contributed by atoms with van der Waals surface area (Å²) in [6, 6.07) is 0. The number of Topliss-reactive ketones (excluding diaryl/α,β-unsaturated/α-hetero) is 2. The number of carbonyl (C=O) groups is 3. The number of rotatable bonds is 2. The number of allylic oxidation sites excluding steroid dienone is 1. The number of aromatic hydroxyl groups is 2. The van der Waals surface area contributed by atoms with Crippen molar-refractivity contribution in [3.8, 4) is 17.2 Å². The van der Waals surface area contributed by atoms with Gasteiger partial charge in [-0.1, -0.05) is 0 Å².